The standard InChI is InChI=1S/C11H8N2O3S/c1-6-5-17-11-12-8(7-3-2-4-16-7)9(10(14)15)13(6)11/h2-5H,1H3,(H,14,15). The van der Waals surface area contributed by atoms with E-state index in [-0.39, 0.29) is 5.69 Å². The van der Waals surface area contributed by atoms with Crippen LogP contribution in [0, 0.1) is 6.92 Å². The second-order valence-electron chi connectivity index (χ2n) is 3.59. The van der Waals surface area contributed by atoms with Gasteiger partial charge in [-0.05, 0) is 19.1 Å². The van der Waals surface area contributed by atoms with E-state index in [1.54, 1.807) is 16.5 Å². The van der Waals surface area contributed by atoms with E-state index in [4.69, 9.17) is 4.42 Å². The molecule has 5 nitrogen and oxygen atoms in total. The maximum atomic E-state index is 11.3. The summed E-state index contributed by atoms with van der Waals surface area (Å²) in [6, 6.07) is 3.41. The average Bonchev–Trinajstić information content (AvgIpc) is 2.94. The molecule has 1 N–H and O–H groups in total. The highest BCUT2D eigenvalue weighted by atomic mass is 32.1. The van der Waals surface area contributed by atoms with Crippen LogP contribution in [-0.4, -0.2) is 20.5 Å². The van der Waals surface area contributed by atoms with Gasteiger partial charge in [0.1, 0.15) is 5.69 Å². The minimum absolute atomic E-state index is 0.147. The molecule has 0 amide bonds. The number of aromatic carboxylic acids is 1. The highest BCUT2D eigenvalue weighted by Crippen LogP contribution is 2.28. The lowest BCUT2D eigenvalue weighted by molar-refractivity contribution is 0.0690. The zero-order chi connectivity index (χ0) is 12.0. The zero-order valence-corrected chi connectivity index (χ0v) is 9.69. The van der Waals surface area contributed by atoms with Gasteiger partial charge in [-0.3, -0.25) is 4.40 Å². The van der Waals surface area contributed by atoms with Gasteiger partial charge in [0, 0.05) is 11.1 Å². The maximum absolute atomic E-state index is 11.3. The van der Waals surface area contributed by atoms with Gasteiger partial charge in [0.05, 0.1) is 6.26 Å². The van der Waals surface area contributed by atoms with E-state index >= 15 is 0 Å². The highest BCUT2D eigenvalue weighted by Gasteiger charge is 2.23. The van der Waals surface area contributed by atoms with E-state index in [9.17, 15) is 9.90 Å². The molecule has 0 spiro atoms. The fourth-order valence-electron chi connectivity index (χ4n) is 1.78. The third-order valence-electron chi connectivity index (χ3n) is 2.49. The number of carboxylic acids is 1. The summed E-state index contributed by atoms with van der Waals surface area (Å²) in [7, 11) is 0. The number of aromatic nitrogens is 2. The van der Waals surface area contributed by atoms with Crippen LogP contribution < -0.4 is 0 Å². The Labute approximate surface area is 99.9 Å². The van der Waals surface area contributed by atoms with Crippen molar-refractivity contribution < 1.29 is 14.3 Å². The van der Waals surface area contributed by atoms with Crippen LogP contribution in [0.15, 0.2) is 28.2 Å². The smallest absolute Gasteiger partial charge is 0.355 e. The van der Waals surface area contributed by atoms with Crippen molar-refractivity contribution in [1.29, 1.82) is 0 Å². The van der Waals surface area contributed by atoms with E-state index in [2.05, 4.69) is 4.98 Å². The topological polar surface area (TPSA) is 67.7 Å². The molecule has 3 aromatic rings. The van der Waals surface area contributed by atoms with Crippen LogP contribution >= 0.6 is 11.3 Å². The minimum Gasteiger partial charge on any atom is -0.476 e. The molecule has 17 heavy (non-hydrogen) atoms. The summed E-state index contributed by atoms with van der Waals surface area (Å²) < 4.78 is 6.84. The average molecular weight is 248 g/mol. The number of rotatable bonds is 2. The molecular weight excluding hydrogens is 240 g/mol. The Bertz CT molecular complexity index is 694. The van der Waals surface area contributed by atoms with Gasteiger partial charge in [-0.15, -0.1) is 11.3 Å². The molecule has 0 aromatic carbocycles. The summed E-state index contributed by atoms with van der Waals surface area (Å²) in [4.78, 5) is 16.3. The monoisotopic (exact) mass is 248 g/mol. The first-order valence-corrected chi connectivity index (χ1v) is 5.80. The van der Waals surface area contributed by atoms with Crippen molar-refractivity contribution in [2.24, 2.45) is 0 Å². The maximum Gasteiger partial charge on any atom is 0.355 e. The van der Waals surface area contributed by atoms with E-state index in [1.165, 1.54) is 17.6 Å². The van der Waals surface area contributed by atoms with Gasteiger partial charge in [0.2, 0.25) is 0 Å². The van der Waals surface area contributed by atoms with Crippen LogP contribution in [0.3, 0.4) is 0 Å². The van der Waals surface area contributed by atoms with Gasteiger partial charge >= 0.3 is 5.97 Å². The summed E-state index contributed by atoms with van der Waals surface area (Å²) >= 11 is 1.41. The number of nitrogens with zero attached hydrogens (tertiary/aromatic N) is 2. The zero-order valence-electron chi connectivity index (χ0n) is 8.88. The Morgan fingerprint density at radius 3 is 3.06 bits per heavy atom. The van der Waals surface area contributed by atoms with E-state index < -0.39 is 5.97 Å². The van der Waals surface area contributed by atoms with Crippen LogP contribution in [0.25, 0.3) is 16.4 Å². The lowest BCUT2D eigenvalue weighted by Gasteiger charge is -1.97. The van der Waals surface area contributed by atoms with Gasteiger partial charge < -0.3 is 9.52 Å². The number of imidazole rings is 1. The van der Waals surface area contributed by atoms with Crippen molar-refractivity contribution in [2.45, 2.75) is 6.92 Å². The molecule has 0 bridgehead atoms. The summed E-state index contributed by atoms with van der Waals surface area (Å²) in [5.41, 5.74) is 1.37. The SMILES string of the molecule is Cc1csc2nc(-c3ccco3)c(C(=O)O)n12. The number of furan rings is 1. The van der Waals surface area contributed by atoms with E-state index in [0.29, 0.717) is 16.4 Å². The van der Waals surface area contributed by atoms with Gasteiger partial charge in [-0.25, -0.2) is 9.78 Å². The molecule has 3 rings (SSSR count). The molecule has 0 aliphatic rings. The Kier molecular flexibility index (Phi) is 2.05. The third kappa shape index (κ3) is 1.38. The van der Waals surface area contributed by atoms with Crippen LogP contribution in [0.5, 0.6) is 0 Å². The van der Waals surface area contributed by atoms with Gasteiger partial charge in [-0.2, -0.15) is 0 Å². The molecular formula is C11H8N2O3S. The Morgan fingerprint density at radius 1 is 1.59 bits per heavy atom. The quantitative estimate of drug-likeness (QED) is 0.757. The van der Waals surface area contributed by atoms with Crippen molar-refractivity contribution in [1.82, 2.24) is 9.38 Å². The summed E-state index contributed by atoms with van der Waals surface area (Å²) in [6.07, 6.45) is 1.50. The molecule has 0 saturated carbocycles. The molecule has 0 aliphatic heterocycles. The number of carboxylic acid groups (broad SMARTS) is 1. The summed E-state index contributed by atoms with van der Waals surface area (Å²) in [6.45, 7) is 1.85. The number of aryl methyl sites for hydroxylation is 1. The Balaban J connectivity index is 2.39. The van der Waals surface area contributed by atoms with Gasteiger partial charge in [-0.1, -0.05) is 0 Å². The van der Waals surface area contributed by atoms with Crippen molar-refractivity contribution in [3.05, 3.63) is 35.2 Å². The first-order chi connectivity index (χ1) is 8.18. The van der Waals surface area contributed by atoms with Crippen LogP contribution in [0.2, 0.25) is 0 Å². The number of hydrogen-bond acceptors (Lipinski definition) is 4. The largest absolute Gasteiger partial charge is 0.476 e. The van der Waals surface area contributed by atoms with Crippen LogP contribution in [-0.2, 0) is 0 Å². The second kappa shape index (κ2) is 3.46. The fourth-order valence-corrected chi connectivity index (χ4v) is 2.65. The predicted octanol–water partition coefficient (Wildman–Crippen LogP) is 2.66. The van der Waals surface area contributed by atoms with Gasteiger partial charge in [0.25, 0.3) is 0 Å². The first-order valence-electron chi connectivity index (χ1n) is 4.92. The summed E-state index contributed by atoms with van der Waals surface area (Å²) in [5.74, 6) is -0.539. The Morgan fingerprint density at radius 2 is 2.41 bits per heavy atom. The van der Waals surface area contributed by atoms with Crippen molar-refractivity contribution in [3.63, 3.8) is 0 Å². The van der Waals surface area contributed by atoms with Crippen LogP contribution in [0.4, 0.5) is 0 Å². The van der Waals surface area contributed by atoms with Crippen molar-refractivity contribution >= 4 is 22.3 Å². The number of thiazole rings is 1. The van der Waals surface area contributed by atoms with Crippen molar-refractivity contribution in [2.75, 3.05) is 0 Å². The molecule has 86 valence electrons. The number of carbonyl (C=O) groups is 1. The molecule has 0 aliphatic carbocycles. The predicted molar refractivity (Wildman–Crippen MR) is 62.5 cm³/mol. The molecule has 0 radical (unpaired) electrons. The van der Waals surface area contributed by atoms with Crippen molar-refractivity contribution in [3.8, 4) is 11.5 Å². The molecule has 3 heterocycles. The number of hydrogen-bond donors (Lipinski definition) is 1. The molecule has 0 saturated heterocycles. The van der Waals surface area contributed by atoms with Crippen LogP contribution in [0.1, 0.15) is 16.2 Å². The second-order valence-corrected chi connectivity index (χ2v) is 4.42. The minimum atomic E-state index is -1.01. The molecule has 0 unspecified atom stereocenters. The highest BCUT2D eigenvalue weighted by molar-refractivity contribution is 7.15. The lowest BCUT2D eigenvalue weighted by atomic mass is 10.2. The Hall–Kier alpha value is -2.08. The normalized spacial score (nSPS) is 11.1. The lowest BCUT2D eigenvalue weighted by Crippen LogP contribution is -2.03. The van der Waals surface area contributed by atoms with E-state index in [1.807, 2.05) is 12.3 Å². The molecule has 6 heteroatoms. The van der Waals surface area contributed by atoms with Gasteiger partial charge in [0.15, 0.2) is 16.4 Å². The molecule has 3 aromatic heterocycles. The fraction of sp³-hybridized carbons (Fsp3) is 0.0909. The third-order valence-corrected chi connectivity index (χ3v) is 3.44. The summed E-state index contributed by atoms with van der Waals surface area (Å²) in [5, 5.41) is 11.2. The molecule has 0 atom stereocenters. The number of fused-ring (bicyclic) bond motifs is 1. The molecule has 0 fully saturated rings. The van der Waals surface area contributed by atoms with E-state index in [0.717, 1.165) is 5.69 Å². The first kappa shape index (κ1) is 10.1.